The first-order valence-electron chi connectivity index (χ1n) is 5.73. The Morgan fingerprint density at radius 2 is 2.47 bits per heavy atom. The number of pyridine rings is 1. The summed E-state index contributed by atoms with van der Waals surface area (Å²) in [6.45, 7) is 1.53. The minimum absolute atomic E-state index is 0.403. The van der Waals surface area contributed by atoms with Gasteiger partial charge < -0.3 is 15.2 Å². The molecule has 5 heteroatoms. The van der Waals surface area contributed by atoms with Crippen molar-refractivity contribution in [3.8, 4) is 0 Å². The summed E-state index contributed by atoms with van der Waals surface area (Å²) in [7, 11) is 0. The average Bonchev–Trinajstić information content (AvgIpc) is 2.95. The predicted molar refractivity (Wildman–Crippen MR) is 64.1 cm³/mol. The van der Waals surface area contributed by atoms with Gasteiger partial charge in [0.25, 0.3) is 0 Å². The van der Waals surface area contributed by atoms with E-state index in [1.807, 2.05) is 28.8 Å². The zero-order valence-corrected chi connectivity index (χ0v) is 9.47. The molecule has 2 N–H and O–H groups in total. The Bertz CT molecular complexity index is 517. The summed E-state index contributed by atoms with van der Waals surface area (Å²) >= 11 is 0. The molecule has 1 atom stereocenters. The fraction of sp³-hybridized carbons (Fsp3) is 0.417. The number of fused-ring (bicyclic) bond motifs is 1. The van der Waals surface area contributed by atoms with Crippen LogP contribution in [0.2, 0.25) is 0 Å². The van der Waals surface area contributed by atoms with Crippen molar-refractivity contribution in [2.75, 3.05) is 25.1 Å². The molecule has 2 aromatic rings. The van der Waals surface area contributed by atoms with Crippen LogP contribution in [0.3, 0.4) is 0 Å². The molecule has 0 bridgehead atoms. The van der Waals surface area contributed by atoms with Crippen LogP contribution >= 0.6 is 0 Å². The highest BCUT2D eigenvalue weighted by atomic mass is 16.5. The monoisotopic (exact) mass is 233 g/mol. The maximum atomic E-state index is 10.2. The van der Waals surface area contributed by atoms with Gasteiger partial charge >= 0.3 is 0 Å². The number of imidazole rings is 1. The van der Waals surface area contributed by atoms with Crippen molar-refractivity contribution in [1.82, 2.24) is 9.38 Å². The molecular weight excluding hydrogens is 218 g/mol. The van der Waals surface area contributed by atoms with E-state index >= 15 is 0 Å². The summed E-state index contributed by atoms with van der Waals surface area (Å²) < 4.78 is 7.17. The molecule has 0 saturated carbocycles. The van der Waals surface area contributed by atoms with E-state index in [4.69, 9.17) is 4.74 Å². The maximum Gasteiger partial charge on any atom is 0.138 e. The van der Waals surface area contributed by atoms with Crippen LogP contribution < -0.4 is 5.32 Å². The molecule has 1 unspecified atom stereocenters. The molecule has 0 aliphatic carbocycles. The molecule has 0 amide bonds. The molecular formula is C12H15N3O2. The molecule has 3 rings (SSSR count). The number of aromatic nitrogens is 2. The molecule has 0 radical (unpaired) electrons. The highest BCUT2D eigenvalue weighted by Gasteiger charge is 2.31. The SMILES string of the molecule is OC1(CNc2cccc3nccn23)CCOC1. The first-order chi connectivity index (χ1) is 8.27. The van der Waals surface area contributed by atoms with E-state index in [9.17, 15) is 5.11 Å². The van der Waals surface area contributed by atoms with Crippen LogP contribution in [0.5, 0.6) is 0 Å². The van der Waals surface area contributed by atoms with E-state index in [0.717, 1.165) is 11.5 Å². The Kier molecular flexibility index (Phi) is 2.49. The van der Waals surface area contributed by atoms with Crippen LogP contribution in [0.4, 0.5) is 5.82 Å². The van der Waals surface area contributed by atoms with Crippen molar-refractivity contribution in [2.45, 2.75) is 12.0 Å². The number of hydrogen-bond donors (Lipinski definition) is 2. The third kappa shape index (κ3) is 1.99. The van der Waals surface area contributed by atoms with Crippen LogP contribution in [-0.4, -0.2) is 39.9 Å². The van der Waals surface area contributed by atoms with E-state index in [1.54, 1.807) is 6.20 Å². The summed E-state index contributed by atoms with van der Waals surface area (Å²) in [5.41, 5.74) is 0.146. The van der Waals surface area contributed by atoms with Crippen molar-refractivity contribution >= 4 is 11.5 Å². The highest BCUT2D eigenvalue weighted by Crippen LogP contribution is 2.19. The van der Waals surface area contributed by atoms with Crippen molar-refractivity contribution in [3.63, 3.8) is 0 Å². The van der Waals surface area contributed by atoms with Crippen LogP contribution in [-0.2, 0) is 4.74 Å². The number of rotatable bonds is 3. The molecule has 5 nitrogen and oxygen atoms in total. The molecule has 0 aromatic carbocycles. The number of anilines is 1. The first-order valence-corrected chi connectivity index (χ1v) is 5.73. The second-order valence-electron chi connectivity index (χ2n) is 4.45. The van der Waals surface area contributed by atoms with E-state index in [1.165, 1.54) is 0 Å². The molecule has 1 fully saturated rings. The van der Waals surface area contributed by atoms with E-state index in [-0.39, 0.29) is 0 Å². The number of nitrogens with zero attached hydrogens (tertiary/aromatic N) is 2. The average molecular weight is 233 g/mol. The molecule has 0 spiro atoms. The summed E-state index contributed by atoms with van der Waals surface area (Å²) in [4.78, 5) is 4.21. The Balaban J connectivity index is 1.78. The van der Waals surface area contributed by atoms with Gasteiger partial charge in [0, 0.05) is 32.0 Å². The van der Waals surface area contributed by atoms with Crippen molar-refractivity contribution < 1.29 is 9.84 Å². The topological polar surface area (TPSA) is 58.8 Å². The predicted octanol–water partition coefficient (Wildman–Crippen LogP) is 0.898. The van der Waals surface area contributed by atoms with Gasteiger partial charge in [0.05, 0.1) is 6.61 Å². The lowest BCUT2D eigenvalue weighted by atomic mass is 10.0. The number of ether oxygens (including phenoxy) is 1. The van der Waals surface area contributed by atoms with E-state index in [2.05, 4.69) is 10.3 Å². The minimum Gasteiger partial charge on any atom is -0.386 e. The normalized spacial score (nSPS) is 24.3. The fourth-order valence-corrected chi connectivity index (χ4v) is 2.08. The summed E-state index contributed by atoms with van der Waals surface area (Å²) in [6, 6.07) is 5.85. The van der Waals surface area contributed by atoms with Gasteiger partial charge in [-0.3, -0.25) is 4.40 Å². The van der Waals surface area contributed by atoms with Gasteiger partial charge in [-0.15, -0.1) is 0 Å². The quantitative estimate of drug-likeness (QED) is 0.827. The zero-order chi connectivity index (χ0) is 11.7. The lowest BCUT2D eigenvalue weighted by Crippen LogP contribution is -2.37. The Hall–Kier alpha value is -1.59. The van der Waals surface area contributed by atoms with Crippen LogP contribution in [0.1, 0.15) is 6.42 Å². The maximum absolute atomic E-state index is 10.2. The lowest BCUT2D eigenvalue weighted by molar-refractivity contribution is 0.0381. The van der Waals surface area contributed by atoms with E-state index < -0.39 is 5.60 Å². The molecule has 17 heavy (non-hydrogen) atoms. The summed E-state index contributed by atoms with van der Waals surface area (Å²) in [5.74, 6) is 0.931. The van der Waals surface area contributed by atoms with Crippen LogP contribution in [0.15, 0.2) is 30.6 Å². The van der Waals surface area contributed by atoms with Crippen molar-refractivity contribution in [3.05, 3.63) is 30.6 Å². The largest absolute Gasteiger partial charge is 0.386 e. The van der Waals surface area contributed by atoms with Gasteiger partial charge in [0.1, 0.15) is 17.1 Å². The third-order valence-electron chi connectivity index (χ3n) is 3.11. The first kappa shape index (κ1) is 10.6. The second kappa shape index (κ2) is 4.01. The second-order valence-corrected chi connectivity index (χ2v) is 4.45. The van der Waals surface area contributed by atoms with E-state index in [0.29, 0.717) is 26.2 Å². The van der Waals surface area contributed by atoms with Gasteiger partial charge in [-0.25, -0.2) is 4.98 Å². The minimum atomic E-state index is -0.747. The lowest BCUT2D eigenvalue weighted by Gasteiger charge is -2.21. The molecule has 3 heterocycles. The Morgan fingerprint density at radius 3 is 3.29 bits per heavy atom. The smallest absolute Gasteiger partial charge is 0.138 e. The Morgan fingerprint density at radius 1 is 1.53 bits per heavy atom. The van der Waals surface area contributed by atoms with Gasteiger partial charge in [-0.2, -0.15) is 0 Å². The molecule has 1 aliphatic heterocycles. The fourth-order valence-electron chi connectivity index (χ4n) is 2.08. The highest BCUT2D eigenvalue weighted by molar-refractivity contribution is 5.49. The van der Waals surface area contributed by atoms with Gasteiger partial charge in [0.15, 0.2) is 0 Å². The molecule has 1 saturated heterocycles. The van der Waals surface area contributed by atoms with Gasteiger partial charge in [0.2, 0.25) is 0 Å². The van der Waals surface area contributed by atoms with Gasteiger partial charge in [-0.1, -0.05) is 6.07 Å². The van der Waals surface area contributed by atoms with Crippen molar-refractivity contribution in [1.29, 1.82) is 0 Å². The molecule has 1 aliphatic rings. The number of aliphatic hydroxyl groups is 1. The number of hydrogen-bond acceptors (Lipinski definition) is 4. The zero-order valence-electron chi connectivity index (χ0n) is 9.47. The third-order valence-corrected chi connectivity index (χ3v) is 3.11. The Labute approximate surface area is 99.0 Å². The standard InChI is InChI=1S/C12H15N3O2/c16-12(4-7-17-9-12)8-14-11-3-1-2-10-13-5-6-15(10)11/h1-3,5-6,14,16H,4,7-9H2. The summed E-state index contributed by atoms with van der Waals surface area (Å²) in [6.07, 6.45) is 4.33. The van der Waals surface area contributed by atoms with Gasteiger partial charge in [-0.05, 0) is 12.1 Å². The summed E-state index contributed by atoms with van der Waals surface area (Å²) in [5, 5.41) is 13.4. The molecule has 90 valence electrons. The number of nitrogens with one attached hydrogen (secondary N) is 1. The van der Waals surface area contributed by atoms with Crippen LogP contribution in [0.25, 0.3) is 5.65 Å². The van der Waals surface area contributed by atoms with Crippen LogP contribution in [0, 0.1) is 0 Å². The van der Waals surface area contributed by atoms with Crippen molar-refractivity contribution in [2.24, 2.45) is 0 Å². The molecule has 2 aromatic heterocycles.